The standard InChI is InChI=1S/C17H26N4O3/c1-11(2)6-8-18-17(24)16-13-10-21(9-7-14(13)19-20-16)15(23)5-4-12(3)22/h11H,4-10H2,1-3H3,(H,18,24)(H,19,20). The van der Waals surface area contributed by atoms with Crippen LogP contribution in [0, 0.1) is 5.92 Å². The number of fused-ring (bicyclic) bond motifs is 1. The molecule has 1 aliphatic rings. The van der Waals surface area contributed by atoms with Crippen molar-refractivity contribution in [1.82, 2.24) is 20.4 Å². The molecule has 2 amide bonds. The molecule has 0 spiro atoms. The summed E-state index contributed by atoms with van der Waals surface area (Å²) < 4.78 is 0. The zero-order valence-electron chi connectivity index (χ0n) is 14.6. The lowest BCUT2D eigenvalue weighted by atomic mass is 10.0. The maximum absolute atomic E-state index is 12.3. The lowest BCUT2D eigenvalue weighted by Gasteiger charge is -2.27. The van der Waals surface area contributed by atoms with Gasteiger partial charge in [0.15, 0.2) is 5.69 Å². The molecule has 2 N–H and O–H groups in total. The van der Waals surface area contributed by atoms with Crippen molar-refractivity contribution in [3.8, 4) is 0 Å². The highest BCUT2D eigenvalue weighted by atomic mass is 16.2. The van der Waals surface area contributed by atoms with Gasteiger partial charge in [-0.05, 0) is 19.3 Å². The van der Waals surface area contributed by atoms with Crippen LogP contribution in [0.1, 0.15) is 61.8 Å². The zero-order valence-corrected chi connectivity index (χ0v) is 14.6. The van der Waals surface area contributed by atoms with Crippen molar-refractivity contribution < 1.29 is 14.4 Å². The Labute approximate surface area is 142 Å². The predicted octanol–water partition coefficient (Wildman–Crippen LogP) is 1.44. The van der Waals surface area contributed by atoms with Gasteiger partial charge < -0.3 is 15.0 Å². The van der Waals surface area contributed by atoms with Crippen LogP contribution in [0.15, 0.2) is 0 Å². The van der Waals surface area contributed by atoms with Crippen LogP contribution in [0.25, 0.3) is 0 Å². The molecule has 0 saturated heterocycles. The lowest BCUT2D eigenvalue weighted by molar-refractivity contribution is -0.133. The highest BCUT2D eigenvalue weighted by Gasteiger charge is 2.27. The molecule has 7 heteroatoms. The average molecular weight is 334 g/mol. The topological polar surface area (TPSA) is 95.2 Å². The molecule has 132 valence electrons. The number of aromatic amines is 1. The SMILES string of the molecule is CC(=O)CCC(=O)N1CCc2[nH]nc(C(=O)NCCC(C)C)c2C1. The maximum atomic E-state index is 12.3. The van der Waals surface area contributed by atoms with Gasteiger partial charge in [-0.2, -0.15) is 5.10 Å². The molecular formula is C17H26N4O3. The van der Waals surface area contributed by atoms with E-state index in [1.165, 1.54) is 6.92 Å². The number of carbonyl (C=O) groups excluding carboxylic acids is 3. The first-order chi connectivity index (χ1) is 11.4. The van der Waals surface area contributed by atoms with Gasteiger partial charge in [0.2, 0.25) is 5.91 Å². The van der Waals surface area contributed by atoms with E-state index in [0.29, 0.717) is 37.7 Å². The van der Waals surface area contributed by atoms with Crippen molar-refractivity contribution in [2.75, 3.05) is 13.1 Å². The Bertz CT molecular complexity index is 621. The van der Waals surface area contributed by atoms with Crippen LogP contribution in [0.5, 0.6) is 0 Å². The van der Waals surface area contributed by atoms with Crippen LogP contribution in [0.4, 0.5) is 0 Å². The Morgan fingerprint density at radius 2 is 2.04 bits per heavy atom. The summed E-state index contributed by atoms with van der Waals surface area (Å²) in [5.41, 5.74) is 2.08. The van der Waals surface area contributed by atoms with E-state index in [1.807, 2.05) is 0 Å². The van der Waals surface area contributed by atoms with Gasteiger partial charge in [-0.3, -0.25) is 14.7 Å². The third kappa shape index (κ3) is 4.66. The van der Waals surface area contributed by atoms with E-state index >= 15 is 0 Å². The van der Waals surface area contributed by atoms with Gasteiger partial charge >= 0.3 is 0 Å². The number of carbonyl (C=O) groups is 3. The van der Waals surface area contributed by atoms with Gasteiger partial charge in [0.05, 0.1) is 0 Å². The Balaban J connectivity index is 1.99. The second-order valence-corrected chi connectivity index (χ2v) is 6.74. The average Bonchev–Trinajstić information content (AvgIpc) is 2.95. The van der Waals surface area contributed by atoms with Gasteiger partial charge in [0.1, 0.15) is 5.78 Å². The first-order valence-corrected chi connectivity index (χ1v) is 8.50. The maximum Gasteiger partial charge on any atom is 0.272 e. The number of aromatic nitrogens is 2. The number of rotatable bonds is 7. The lowest BCUT2D eigenvalue weighted by Crippen LogP contribution is -2.37. The summed E-state index contributed by atoms with van der Waals surface area (Å²) in [6.07, 6.45) is 2.04. The second kappa shape index (κ2) is 8.08. The highest BCUT2D eigenvalue weighted by Crippen LogP contribution is 2.21. The molecule has 0 aliphatic carbocycles. The van der Waals surface area contributed by atoms with Crippen LogP contribution in [0.2, 0.25) is 0 Å². The molecule has 7 nitrogen and oxygen atoms in total. The summed E-state index contributed by atoms with van der Waals surface area (Å²) in [6.45, 7) is 7.26. The fraction of sp³-hybridized carbons (Fsp3) is 0.647. The minimum Gasteiger partial charge on any atom is -0.351 e. The molecule has 24 heavy (non-hydrogen) atoms. The van der Waals surface area contributed by atoms with E-state index in [4.69, 9.17) is 0 Å². The molecule has 1 aromatic rings. The number of amides is 2. The number of H-pyrrole nitrogens is 1. The normalized spacial score (nSPS) is 13.8. The van der Waals surface area contributed by atoms with E-state index < -0.39 is 0 Å². The molecule has 0 unspecified atom stereocenters. The molecule has 2 heterocycles. The van der Waals surface area contributed by atoms with Crippen molar-refractivity contribution in [3.05, 3.63) is 17.0 Å². The molecule has 0 fully saturated rings. The Kier molecular flexibility index (Phi) is 6.11. The van der Waals surface area contributed by atoms with Gasteiger partial charge in [-0.15, -0.1) is 0 Å². The minimum atomic E-state index is -0.203. The second-order valence-electron chi connectivity index (χ2n) is 6.74. The van der Waals surface area contributed by atoms with Gasteiger partial charge in [-0.1, -0.05) is 13.8 Å². The number of hydrogen-bond acceptors (Lipinski definition) is 4. The third-order valence-corrected chi connectivity index (χ3v) is 4.20. The first-order valence-electron chi connectivity index (χ1n) is 8.50. The van der Waals surface area contributed by atoms with E-state index in [9.17, 15) is 14.4 Å². The smallest absolute Gasteiger partial charge is 0.272 e. The van der Waals surface area contributed by atoms with Gasteiger partial charge in [0, 0.05) is 50.2 Å². The fourth-order valence-corrected chi connectivity index (χ4v) is 2.69. The van der Waals surface area contributed by atoms with Crippen molar-refractivity contribution >= 4 is 17.6 Å². The number of ketones is 1. The largest absolute Gasteiger partial charge is 0.351 e. The summed E-state index contributed by atoms with van der Waals surface area (Å²) >= 11 is 0. The van der Waals surface area contributed by atoms with Gasteiger partial charge in [-0.25, -0.2) is 0 Å². The highest BCUT2D eigenvalue weighted by molar-refractivity contribution is 5.94. The van der Waals surface area contributed by atoms with Crippen molar-refractivity contribution in [3.63, 3.8) is 0 Å². The number of nitrogens with one attached hydrogen (secondary N) is 2. The number of nitrogens with zero attached hydrogens (tertiary/aromatic N) is 2. The first kappa shape index (κ1) is 18.2. The molecule has 1 aliphatic heterocycles. The molecule has 0 aromatic carbocycles. The molecule has 0 radical (unpaired) electrons. The third-order valence-electron chi connectivity index (χ3n) is 4.20. The van der Waals surface area contributed by atoms with E-state index in [1.54, 1.807) is 4.90 Å². The summed E-state index contributed by atoms with van der Waals surface area (Å²) in [6, 6.07) is 0. The van der Waals surface area contributed by atoms with E-state index in [2.05, 4.69) is 29.4 Å². The quantitative estimate of drug-likeness (QED) is 0.789. The van der Waals surface area contributed by atoms with Crippen molar-refractivity contribution in [2.24, 2.45) is 5.92 Å². The summed E-state index contributed by atoms with van der Waals surface area (Å²) in [7, 11) is 0. The Hall–Kier alpha value is -2.18. The van der Waals surface area contributed by atoms with Crippen LogP contribution in [0.3, 0.4) is 0 Å². The Morgan fingerprint density at radius 3 is 2.71 bits per heavy atom. The number of hydrogen-bond donors (Lipinski definition) is 2. The van der Waals surface area contributed by atoms with Crippen LogP contribution >= 0.6 is 0 Å². The fourth-order valence-electron chi connectivity index (χ4n) is 2.69. The monoisotopic (exact) mass is 334 g/mol. The van der Waals surface area contributed by atoms with E-state index in [0.717, 1.165) is 17.7 Å². The van der Waals surface area contributed by atoms with Crippen LogP contribution in [-0.4, -0.2) is 45.8 Å². The van der Waals surface area contributed by atoms with Crippen LogP contribution in [-0.2, 0) is 22.6 Å². The molecule has 0 bridgehead atoms. The predicted molar refractivity (Wildman–Crippen MR) is 89.4 cm³/mol. The number of Topliss-reactive ketones (excluding diaryl/α,β-unsaturated/α-hetero) is 1. The molecule has 0 saturated carbocycles. The van der Waals surface area contributed by atoms with E-state index in [-0.39, 0.29) is 30.4 Å². The molecular weight excluding hydrogens is 308 g/mol. The van der Waals surface area contributed by atoms with Crippen molar-refractivity contribution in [2.45, 2.75) is 53.0 Å². The Morgan fingerprint density at radius 1 is 1.29 bits per heavy atom. The summed E-state index contributed by atoms with van der Waals surface area (Å²) in [5, 5.41) is 9.93. The molecule has 0 atom stereocenters. The van der Waals surface area contributed by atoms with Crippen molar-refractivity contribution in [1.29, 1.82) is 0 Å². The zero-order chi connectivity index (χ0) is 17.7. The minimum absolute atomic E-state index is 0.00887. The van der Waals surface area contributed by atoms with Crippen LogP contribution < -0.4 is 5.32 Å². The summed E-state index contributed by atoms with van der Waals surface area (Å²) in [4.78, 5) is 37.3. The summed E-state index contributed by atoms with van der Waals surface area (Å²) in [5.74, 6) is 0.275. The molecule has 2 rings (SSSR count). The van der Waals surface area contributed by atoms with Gasteiger partial charge in [0.25, 0.3) is 5.91 Å². The molecule has 1 aromatic heterocycles.